The molecule has 1 aliphatic heterocycles. The summed E-state index contributed by atoms with van der Waals surface area (Å²) in [5.74, 6) is 0.0238. The minimum absolute atomic E-state index is 0.0279. The van der Waals surface area contributed by atoms with Crippen LogP contribution in [0.4, 0.5) is 0 Å². The van der Waals surface area contributed by atoms with Gasteiger partial charge in [-0.3, -0.25) is 9.69 Å². The Hall–Kier alpha value is -3.81. The molecule has 37 heavy (non-hydrogen) atoms. The molecule has 1 aromatic heterocycles. The zero-order valence-corrected chi connectivity index (χ0v) is 21.7. The number of benzene rings is 3. The highest BCUT2D eigenvalue weighted by molar-refractivity contribution is 5.88. The van der Waals surface area contributed by atoms with E-state index >= 15 is 0 Å². The van der Waals surface area contributed by atoms with Crippen molar-refractivity contribution in [2.45, 2.75) is 45.8 Å². The summed E-state index contributed by atoms with van der Waals surface area (Å²) in [6.45, 7) is 9.49. The van der Waals surface area contributed by atoms with Crippen molar-refractivity contribution < 1.29 is 4.79 Å². The SMILES string of the molecule is Cc1nc(C(N)=O)nn1-c1ccc(Cc2ccc(-c3ccc(CN4C[C@@H](C)N[C@H](C)C4)cc3)cc2)cc1. The van der Waals surface area contributed by atoms with Gasteiger partial charge < -0.3 is 11.1 Å². The van der Waals surface area contributed by atoms with E-state index in [2.05, 4.69) is 94.8 Å². The maximum absolute atomic E-state index is 11.4. The highest BCUT2D eigenvalue weighted by atomic mass is 16.1. The minimum atomic E-state index is -0.627. The van der Waals surface area contributed by atoms with E-state index in [1.807, 2.05) is 12.1 Å². The Labute approximate surface area is 218 Å². The summed E-state index contributed by atoms with van der Waals surface area (Å²) in [5, 5.41) is 7.80. The minimum Gasteiger partial charge on any atom is -0.363 e. The van der Waals surface area contributed by atoms with Crippen LogP contribution in [0.15, 0.2) is 72.8 Å². The molecule has 5 rings (SSSR count). The topological polar surface area (TPSA) is 89.1 Å². The van der Waals surface area contributed by atoms with Crippen LogP contribution in [0.2, 0.25) is 0 Å². The quantitative estimate of drug-likeness (QED) is 0.404. The second-order valence-electron chi connectivity index (χ2n) is 10.2. The van der Waals surface area contributed by atoms with E-state index in [-0.39, 0.29) is 5.82 Å². The van der Waals surface area contributed by atoms with Gasteiger partial charge in [0.05, 0.1) is 5.69 Å². The van der Waals surface area contributed by atoms with Crippen molar-refractivity contribution in [1.29, 1.82) is 0 Å². The summed E-state index contributed by atoms with van der Waals surface area (Å²) in [7, 11) is 0. The summed E-state index contributed by atoms with van der Waals surface area (Å²) in [4.78, 5) is 18.0. The van der Waals surface area contributed by atoms with Gasteiger partial charge >= 0.3 is 0 Å². The first-order valence-electron chi connectivity index (χ1n) is 12.8. The largest absolute Gasteiger partial charge is 0.363 e. The van der Waals surface area contributed by atoms with Crippen LogP contribution in [0.3, 0.4) is 0 Å². The van der Waals surface area contributed by atoms with E-state index in [9.17, 15) is 4.79 Å². The molecule has 1 fully saturated rings. The van der Waals surface area contributed by atoms with Gasteiger partial charge in [-0.25, -0.2) is 9.67 Å². The molecule has 2 heterocycles. The fourth-order valence-electron chi connectivity index (χ4n) is 5.17. The number of aryl methyl sites for hydroxylation is 1. The van der Waals surface area contributed by atoms with Crippen LogP contribution in [0, 0.1) is 6.92 Å². The average Bonchev–Trinajstić information content (AvgIpc) is 3.27. The zero-order chi connectivity index (χ0) is 25.9. The number of primary amides is 1. The highest BCUT2D eigenvalue weighted by Crippen LogP contribution is 2.23. The highest BCUT2D eigenvalue weighted by Gasteiger charge is 2.20. The molecule has 4 aromatic rings. The third-order valence-corrected chi connectivity index (χ3v) is 6.86. The van der Waals surface area contributed by atoms with Crippen LogP contribution in [-0.2, 0) is 13.0 Å². The molecule has 0 bridgehead atoms. The Morgan fingerprint density at radius 3 is 1.89 bits per heavy atom. The van der Waals surface area contributed by atoms with Gasteiger partial charge in [0.1, 0.15) is 5.82 Å². The molecule has 7 nitrogen and oxygen atoms in total. The van der Waals surface area contributed by atoms with Crippen LogP contribution >= 0.6 is 0 Å². The lowest BCUT2D eigenvalue weighted by atomic mass is 9.99. The maximum Gasteiger partial charge on any atom is 0.288 e. The van der Waals surface area contributed by atoms with Gasteiger partial charge in [-0.2, -0.15) is 0 Å². The summed E-state index contributed by atoms with van der Waals surface area (Å²) >= 11 is 0. The lowest BCUT2D eigenvalue weighted by Crippen LogP contribution is -2.53. The standard InChI is InChI=1S/C30H34N6O/c1-20-17-35(18-21(2)32-20)19-25-6-12-27(13-7-25)26-10-4-23(5-11-26)16-24-8-14-28(15-9-24)36-22(3)33-30(34-36)29(31)37/h4-15,20-21,32H,16-19H2,1-3H3,(H2,31,37)/t20-,21-/m1/s1. The summed E-state index contributed by atoms with van der Waals surface area (Å²) in [5.41, 5.74) is 12.4. The number of amides is 1. The van der Waals surface area contributed by atoms with E-state index in [1.54, 1.807) is 11.6 Å². The van der Waals surface area contributed by atoms with Crippen LogP contribution in [-0.4, -0.2) is 50.7 Å². The van der Waals surface area contributed by atoms with Crippen molar-refractivity contribution in [2.75, 3.05) is 13.1 Å². The van der Waals surface area contributed by atoms with E-state index in [1.165, 1.54) is 27.8 Å². The molecule has 1 saturated heterocycles. The van der Waals surface area contributed by atoms with Crippen molar-refractivity contribution >= 4 is 5.91 Å². The van der Waals surface area contributed by atoms with Crippen LogP contribution in [0.25, 0.3) is 16.8 Å². The first-order valence-corrected chi connectivity index (χ1v) is 12.8. The molecule has 0 aliphatic carbocycles. The molecule has 0 radical (unpaired) electrons. The fourth-order valence-corrected chi connectivity index (χ4v) is 5.17. The van der Waals surface area contributed by atoms with Crippen molar-refractivity contribution in [1.82, 2.24) is 25.0 Å². The average molecular weight is 495 g/mol. The fraction of sp³-hybridized carbons (Fsp3) is 0.300. The van der Waals surface area contributed by atoms with E-state index in [4.69, 9.17) is 5.73 Å². The van der Waals surface area contributed by atoms with E-state index in [0.717, 1.165) is 31.7 Å². The van der Waals surface area contributed by atoms with E-state index in [0.29, 0.717) is 17.9 Å². The van der Waals surface area contributed by atoms with Crippen molar-refractivity contribution in [2.24, 2.45) is 5.73 Å². The van der Waals surface area contributed by atoms with Crippen LogP contribution in [0.1, 0.15) is 47.0 Å². The molecule has 1 amide bonds. The van der Waals surface area contributed by atoms with Gasteiger partial charge in [0.2, 0.25) is 5.82 Å². The normalized spacial score (nSPS) is 18.1. The molecule has 190 valence electrons. The van der Waals surface area contributed by atoms with Crippen molar-refractivity contribution in [3.8, 4) is 16.8 Å². The van der Waals surface area contributed by atoms with Gasteiger partial charge in [0.25, 0.3) is 5.91 Å². The second kappa shape index (κ2) is 10.7. The van der Waals surface area contributed by atoms with Crippen LogP contribution < -0.4 is 11.1 Å². The number of carbonyl (C=O) groups is 1. The molecule has 2 atom stereocenters. The first kappa shape index (κ1) is 24.9. The number of carbonyl (C=O) groups excluding carboxylic acids is 1. The van der Waals surface area contributed by atoms with Crippen molar-refractivity contribution in [3.63, 3.8) is 0 Å². The lowest BCUT2D eigenvalue weighted by molar-refractivity contribution is 0.0990. The number of hydrogen-bond acceptors (Lipinski definition) is 5. The molecule has 1 aliphatic rings. The molecule has 3 N–H and O–H groups in total. The summed E-state index contributed by atoms with van der Waals surface area (Å²) < 4.78 is 1.63. The molecule has 0 saturated carbocycles. The van der Waals surface area contributed by atoms with Gasteiger partial charge in [-0.05, 0) is 67.1 Å². The Bertz CT molecular complexity index is 1350. The van der Waals surface area contributed by atoms with Crippen LogP contribution in [0.5, 0.6) is 0 Å². The number of nitrogens with zero attached hydrogens (tertiary/aromatic N) is 4. The first-order chi connectivity index (χ1) is 17.8. The molecule has 7 heteroatoms. The zero-order valence-electron chi connectivity index (χ0n) is 21.7. The number of hydrogen-bond donors (Lipinski definition) is 2. The molecule has 0 unspecified atom stereocenters. The Morgan fingerprint density at radius 1 is 0.865 bits per heavy atom. The number of piperazine rings is 1. The molecule has 0 spiro atoms. The Morgan fingerprint density at radius 2 is 1.38 bits per heavy atom. The van der Waals surface area contributed by atoms with E-state index < -0.39 is 5.91 Å². The summed E-state index contributed by atoms with van der Waals surface area (Å²) in [6, 6.07) is 27.0. The predicted octanol–water partition coefficient (Wildman–Crippen LogP) is 4.11. The number of nitrogens with two attached hydrogens (primary N) is 1. The van der Waals surface area contributed by atoms with Gasteiger partial charge in [0, 0.05) is 31.7 Å². The molecular formula is C30H34N6O. The number of rotatable bonds is 7. The third kappa shape index (κ3) is 5.96. The predicted molar refractivity (Wildman–Crippen MR) is 147 cm³/mol. The number of nitrogens with one attached hydrogen (secondary N) is 1. The number of aromatic nitrogens is 3. The Kier molecular flexibility index (Phi) is 7.17. The smallest absolute Gasteiger partial charge is 0.288 e. The van der Waals surface area contributed by atoms with Gasteiger partial charge in [-0.15, -0.1) is 5.10 Å². The van der Waals surface area contributed by atoms with Gasteiger partial charge in [0.15, 0.2) is 0 Å². The second-order valence-corrected chi connectivity index (χ2v) is 10.2. The lowest BCUT2D eigenvalue weighted by Gasteiger charge is -2.36. The summed E-state index contributed by atoms with van der Waals surface area (Å²) in [6.07, 6.45) is 0.837. The maximum atomic E-state index is 11.4. The third-order valence-electron chi connectivity index (χ3n) is 6.86. The van der Waals surface area contributed by atoms with Crippen molar-refractivity contribution in [3.05, 3.63) is 101 Å². The van der Waals surface area contributed by atoms with Gasteiger partial charge in [-0.1, -0.05) is 60.7 Å². The molecular weight excluding hydrogens is 460 g/mol. The Balaban J connectivity index is 1.21. The monoisotopic (exact) mass is 494 g/mol. The molecule has 3 aromatic carbocycles.